The summed E-state index contributed by atoms with van der Waals surface area (Å²) in [5.74, 6) is -1.01. The van der Waals surface area contributed by atoms with E-state index in [9.17, 15) is 13.6 Å². The molecule has 5 nitrogen and oxygen atoms in total. The minimum absolute atomic E-state index is 0.262. The van der Waals surface area contributed by atoms with Crippen LogP contribution in [0.25, 0.3) is 21.9 Å². The summed E-state index contributed by atoms with van der Waals surface area (Å²) in [6.07, 6.45) is 2.95. The van der Waals surface area contributed by atoms with Gasteiger partial charge in [0.1, 0.15) is 5.82 Å². The van der Waals surface area contributed by atoms with Gasteiger partial charge in [-0.05, 0) is 23.3 Å². The van der Waals surface area contributed by atoms with Crippen molar-refractivity contribution in [2.45, 2.75) is 19.3 Å². The summed E-state index contributed by atoms with van der Waals surface area (Å²) in [4.78, 5) is 22.7. The first-order valence-electron chi connectivity index (χ1n) is 8.08. The van der Waals surface area contributed by atoms with Crippen LogP contribution in [0.4, 0.5) is 8.78 Å². The molecule has 0 atom stereocenters. The third kappa shape index (κ3) is 2.31. The van der Waals surface area contributed by atoms with Crippen molar-refractivity contribution in [3.8, 4) is 0 Å². The number of hydrogen-bond acceptors (Lipinski definition) is 3. The number of rotatable bonds is 2. The summed E-state index contributed by atoms with van der Waals surface area (Å²) >= 11 is 0. The molecule has 0 spiro atoms. The van der Waals surface area contributed by atoms with Crippen LogP contribution in [0.5, 0.6) is 0 Å². The fraction of sp³-hybridized carbons (Fsp3) is 0.211. The maximum atomic E-state index is 14.9. The van der Waals surface area contributed by atoms with Gasteiger partial charge in [0, 0.05) is 30.1 Å². The molecule has 0 aliphatic heterocycles. The molecular weight excluding hydrogens is 338 g/mol. The van der Waals surface area contributed by atoms with Gasteiger partial charge in [-0.1, -0.05) is 19.9 Å². The molecule has 26 heavy (non-hydrogen) atoms. The molecule has 3 aromatic heterocycles. The third-order valence-electron chi connectivity index (χ3n) is 4.96. The number of nitrogens with zero attached hydrogens (tertiary/aromatic N) is 3. The Labute approximate surface area is 147 Å². The number of imidazole rings is 1. The number of fused-ring (bicyclic) bond motifs is 3. The second-order valence-corrected chi connectivity index (χ2v) is 6.85. The first kappa shape index (κ1) is 16.4. The van der Waals surface area contributed by atoms with E-state index in [0.717, 1.165) is 0 Å². The largest absolute Gasteiger partial charge is 0.326 e. The van der Waals surface area contributed by atoms with Crippen molar-refractivity contribution >= 4 is 21.9 Å². The van der Waals surface area contributed by atoms with Gasteiger partial charge < -0.3 is 4.98 Å². The summed E-state index contributed by atoms with van der Waals surface area (Å²) in [7, 11) is 1.65. The lowest BCUT2D eigenvalue weighted by atomic mass is 9.78. The summed E-state index contributed by atoms with van der Waals surface area (Å²) in [5.41, 5.74) is 1.78. The van der Waals surface area contributed by atoms with Crippen molar-refractivity contribution in [3.05, 3.63) is 70.0 Å². The van der Waals surface area contributed by atoms with E-state index in [1.54, 1.807) is 25.4 Å². The van der Waals surface area contributed by atoms with Crippen LogP contribution in [-0.4, -0.2) is 19.5 Å². The zero-order valence-electron chi connectivity index (χ0n) is 14.5. The molecule has 132 valence electrons. The summed E-state index contributed by atoms with van der Waals surface area (Å²) in [5, 5.41) is 0.653. The molecular formula is C19H16F2N4O. The lowest BCUT2D eigenvalue weighted by molar-refractivity contribution is 0.541. The highest BCUT2D eigenvalue weighted by Crippen LogP contribution is 2.35. The van der Waals surface area contributed by atoms with Crippen molar-refractivity contribution in [1.82, 2.24) is 19.5 Å². The van der Waals surface area contributed by atoms with Crippen LogP contribution < -0.4 is 5.69 Å². The Balaban J connectivity index is 2.01. The molecule has 0 radical (unpaired) electrons. The molecule has 0 unspecified atom stereocenters. The van der Waals surface area contributed by atoms with Crippen LogP contribution >= 0.6 is 0 Å². The van der Waals surface area contributed by atoms with E-state index in [-0.39, 0.29) is 5.69 Å². The van der Waals surface area contributed by atoms with Gasteiger partial charge in [-0.2, -0.15) is 4.39 Å². The average Bonchev–Trinajstić information content (AvgIpc) is 2.89. The van der Waals surface area contributed by atoms with Gasteiger partial charge in [-0.15, -0.1) is 0 Å². The SMILES string of the molecule is Cn1c(=O)[nH]c2c3cc(C(C)(C)c4ccc(F)nc4)c(F)cc3ncc21. The molecule has 7 heteroatoms. The maximum absolute atomic E-state index is 14.9. The monoisotopic (exact) mass is 354 g/mol. The van der Waals surface area contributed by atoms with Crippen molar-refractivity contribution < 1.29 is 8.78 Å². The molecule has 0 bridgehead atoms. The Morgan fingerprint density at radius 1 is 1.12 bits per heavy atom. The zero-order valence-corrected chi connectivity index (χ0v) is 14.5. The second-order valence-electron chi connectivity index (χ2n) is 6.85. The van der Waals surface area contributed by atoms with Crippen molar-refractivity contribution in [1.29, 1.82) is 0 Å². The van der Waals surface area contributed by atoms with Crippen LogP contribution in [0.2, 0.25) is 0 Å². The highest BCUT2D eigenvalue weighted by Gasteiger charge is 2.28. The fourth-order valence-electron chi connectivity index (χ4n) is 3.27. The number of nitrogens with one attached hydrogen (secondary N) is 1. The molecule has 4 rings (SSSR count). The van der Waals surface area contributed by atoms with Gasteiger partial charge in [-0.3, -0.25) is 9.55 Å². The number of hydrogen-bond donors (Lipinski definition) is 1. The van der Waals surface area contributed by atoms with Crippen molar-refractivity contribution in [3.63, 3.8) is 0 Å². The Bertz CT molecular complexity index is 1210. The van der Waals surface area contributed by atoms with E-state index >= 15 is 0 Å². The van der Waals surface area contributed by atoms with E-state index in [1.165, 1.54) is 22.9 Å². The zero-order chi connectivity index (χ0) is 18.6. The molecule has 0 saturated carbocycles. The van der Waals surface area contributed by atoms with Crippen molar-refractivity contribution in [2.24, 2.45) is 7.05 Å². The molecule has 0 aliphatic carbocycles. The summed E-state index contributed by atoms with van der Waals surface area (Å²) in [6.45, 7) is 3.68. The molecule has 0 amide bonds. The normalized spacial score (nSPS) is 12.2. The van der Waals surface area contributed by atoms with Gasteiger partial charge in [-0.25, -0.2) is 14.2 Å². The fourth-order valence-corrected chi connectivity index (χ4v) is 3.27. The first-order valence-corrected chi connectivity index (χ1v) is 8.08. The van der Waals surface area contributed by atoms with Crippen LogP contribution in [0, 0.1) is 11.8 Å². The maximum Gasteiger partial charge on any atom is 0.326 e. The number of H-pyrrole nitrogens is 1. The number of benzene rings is 1. The van der Waals surface area contributed by atoms with E-state index in [4.69, 9.17) is 0 Å². The van der Waals surface area contributed by atoms with Crippen LogP contribution in [0.3, 0.4) is 0 Å². The molecule has 0 aliphatic rings. The van der Waals surface area contributed by atoms with Crippen LogP contribution in [0.1, 0.15) is 25.0 Å². The van der Waals surface area contributed by atoms with E-state index < -0.39 is 17.2 Å². The van der Waals surface area contributed by atoms with E-state index in [0.29, 0.717) is 33.1 Å². The van der Waals surface area contributed by atoms with Crippen LogP contribution in [0.15, 0.2) is 41.5 Å². The van der Waals surface area contributed by atoms with Gasteiger partial charge in [0.2, 0.25) is 5.95 Å². The minimum Gasteiger partial charge on any atom is -0.305 e. The van der Waals surface area contributed by atoms with Gasteiger partial charge in [0.05, 0.1) is 22.7 Å². The predicted octanol–water partition coefficient (Wildman–Crippen LogP) is 3.41. The molecule has 3 heterocycles. The molecule has 0 saturated heterocycles. The lowest BCUT2D eigenvalue weighted by Gasteiger charge is -2.26. The Hall–Kier alpha value is -3.09. The Morgan fingerprint density at radius 3 is 2.58 bits per heavy atom. The quantitative estimate of drug-likeness (QED) is 0.561. The van der Waals surface area contributed by atoms with Gasteiger partial charge in [0.25, 0.3) is 0 Å². The van der Waals surface area contributed by atoms with E-state index in [1.807, 2.05) is 13.8 Å². The summed E-state index contributed by atoms with van der Waals surface area (Å²) < 4.78 is 29.5. The van der Waals surface area contributed by atoms with Crippen LogP contribution in [-0.2, 0) is 12.5 Å². The van der Waals surface area contributed by atoms with E-state index in [2.05, 4.69) is 15.0 Å². The number of halogens is 2. The Kier molecular flexibility index (Phi) is 3.44. The molecule has 4 aromatic rings. The minimum atomic E-state index is -0.754. The Morgan fingerprint density at radius 2 is 1.88 bits per heavy atom. The van der Waals surface area contributed by atoms with Crippen molar-refractivity contribution in [2.75, 3.05) is 0 Å². The standard InChI is InChI=1S/C19H16F2N4O/c1-19(2,10-4-5-16(21)23-8-10)12-6-11-14(7-13(12)20)22-9-15-17(11)24-18(26)25(15)3/h4-9H,1-3H3,(H,24,26). The third-order valence-corrected chi connectivity index (χ3v) is 4.96. The second kappa shape index (κ2) is 5.45. The topological polar surface area (TPSA) is 63.6 Å². The first-order chi connectivity index (χ1) is 12.3. The van der Waals surface area contributed by atoms with Gasteiger partial charge >= 0.3 is 5.69 Å². The summed E-state index contributed by atoms with van der Waals surface area (Å²) in [6, 6.07) is 5.90. The number of aryl methyl sites for hydroxylation is 1. The number of pyridine rings is 2. The highest BCUT2D eigenvalue weighted by atomic mass is 19.1. The molecule has 1 N–H and O–H groups in total. The molecule has 0 fully saturated rings. The number of aromatic nitrogens is 4. The predicted molar refractivity (Wildman–Crippen MR) is 95.1 cm³/mol. The highest BCUT2D eigenvalue weighted by molar-refractivity contribution is 6.02. The van der Waals surface area contributed by atoms with Gasteiger partial charge in [0.15, 0.2) is 0 Å². The lowest BCUT2D eigenvalue weighted by Crippen LogP contribution is -2.21. The smallest absolute Gasteiger partial charge is 0.305 e. The average molecular weight is 354 g/mol. The molecule has 1 aromatic carbocycles. The number of aromatic amines is 1.